The topological polar surface area (TPSA) is 57.2 Å². The molecule has 0 aromatic heterocycles. The molecule has 0 aromatic carbocycles. The lowest BCUT2D eigenvalue weighted by molar-refractivity contribution is -0.921. The van der Waals surface area contributed by atoms with Gasteiger partial charge < -0.3 is 9.04 Å². The van der Waals surface area contributed by atoms with Crippen LogP contribution < -0.4 is 0 Å². The first-order chi connectivity index (χ1) is 14.3. The standard InChI is InChI=1S/C8H20N.C7H3F13O3S/c1-5-9(6-2,7-3)8-4;8-1(9)3(11,12)5(15,16)7(19,20)6(17,18)4(13,14)2(10)24(21,22)23/h5-8H2,1-4H3;1-2H,(H,21,22,23)/q+1;/p-1. The van der Waals surface area contributed by atoms with Crippen LogP contribution in [0.5, 0.6) is 0 Å². The van der Waals surface area contributed by atoms with E-state index in [0.29, 0.717) is 0 Å². The Labute approximate surface area is 181 Å². The van der Waals surface area contributed by atoms with Crippen LogP contribution in [0, 0.1) is 0 Å². The largest absolute Gasteiger partial charge is 0.746 e. The molecule has 18 heteroatoms. The van der Waals surface area contributed by atoms with Crippen molar-refractivity contribution in [2.24, 2.45) is 0 Å². The highest BCUT2D eigenvalue weighted by molar-refractivity contribution is 7.86. The third kappa shape index (κ3) is 6.15. The summed E-state index contributed by atoms with van der Waals surface area (Å²) in [5, 5.41) is 0. The second-order valence-corrected chi connectivity index (χ2v) is 8.08. The summed E-state index contributed by atoms with van der Waals surface area (Å²) in [5.41, 5.74) is -5.78. The van der Waals surface area contributed by atoms with Crippen LogP contribution in [0.4, 0.5) is 57.1 Å². The molecule has 0 rings (SSSR count). The summed E-state index contributed by atoms with van der Waals surface area (Å²) in [4.78, 5) is 0. The zero-order valence-corrected chi connectivity index (χ0v) is 18.3. The van der Waals surface area contributed by atoms with Gasteiger partial charge in [-0.25, -0.2) is 21.6 Å². The molecule has 0 radical (unpaired) electrons. The third-order valence-electron chi connectivity index (χ3n) is 5.12. The van der Waals surface area contributed by atoms with Gasteiger partial charge in [0.15, 0.2) is 0 Å². The Morgan fingerprint density at radius 1 is 0.636 bits per heavy atom. The van der Waals surface area contributed by atoms with E-state index in [1.165, 1.54) is 30.7 Å². The normalized spacial score (nSPS) is 15.8. The smallest absolute Gasteiger partial charge is 0.384 e. The molecule has 1 atom stereocenters. The Balaban J connectivity index is 0. The highest BCUT2D eigenvalue weighted by Gasteiger charge is 2.89. The minimum atomic E-state index is -8.10. The fraction of sp³-hybridized carbons (Fsp3) is 1.00. The second kappa shape index (κ2) is 10.7. The monoisotopic (exact) mass is 543 g/mol. The Hall–Kier alpha value is -1.04. The van der Waals surface area contributed by atoms with Crippen molar-refractivity contribution < 1.29 is 74.5 Å². The number of hydrogen-bond acceptors (Lipinski definition) is 3. The Kier molecular flexibility index (Phi) is 11.1. The number of halogens is 13. The fourth-order valence-corrected chi connectivity index (χ4v) is 2.93. The van der Waals surface area contributed by atoms with Gasteiger partial charge in [0.05, 0.1) is 26.2 Å². The van der Waals surface area contributed by atoms with Gasteiger partial charge in [0.25, 0.3) is 5.50 Å². The Morgan fingerprint density at radius 2 is 0.909 bits per heavy atom. The highest BCUT2D eigenvalue weighted by Crippen LogP contribution is 2.59. The van der Waals surface area contributed by atoms with Gasteiger partial charge in [0, 0.05) is 0 Å². The van der Waals surface area contributed by atoms with Crippen LogP contribution >= 0.6 is 0 Å². The van der Waals surface area contributed by atoms with Crippen molar-refractivity contribution in [1.29, 1.82) is 0 Å². The van der Waals surface area contributed by atoms with Gasteiger partial charge in [-0.05, 0) is 27.7 Å². The van der Waals surface area contributed by atoms with Crippen molar-refractivity contribution in [1.82, 2.24) is 0 Å². The Morgan fingerprint density at radius 3 is 1.09 bits per heavy atom. The van der Waals surface area contributed by atoms with Crippen molar-refractivity contribution in [3.8, 4) is 0 Å². The van der Waals surface area contributed by atoms with Crippen LogP contribution in [0.2, 0.25) is 0 Å². The average Bonchev–Trinajstić information content (AvgIpc) is 2.68. The summed E-state index contributed by atoms with van der Waals surface area (Å²) in [6.07, 6.45) is -5.76. The molecule has 0 N–H and O–H groups in total. The van der Waals surface area contributed by atoms with Crippen LogP contribution in [-0.4, -0.2) is 85.2 Å². The second-order valence-electron chi connectivity index (χ2n) is 6.69. The van der Waals surface area contributed by atoms with Crippen molar-refractivity contribution >= 4 is 10.1 Å². The molecule has 0 aliphatic carbocycles. The molecular weight excluding hydrogens is 521 g/mol. The highest BCUT2D eigenvalue weighted by atomic mass is 32.2. The van der Waals surface area contributed by atoms with Gasteiger partial charge >= 0.3 is 36.0 Å². The van der Waals surface area contributed by atoms with Gasteiger partial charge in [-0.2, -0.15) is 43.9 Å². The van der Waals surface area contributed by atoms with E-state index in [4.69, 9.17) is 0 Å². The molecule has 0 saturated carbocycles. The maximum Gasteiger partial charge on any atom is 0.384 e. The van der Waals surface area contributed by atoms with Crippen LogP contribution in [0.3, 0.4) is 0 Å². The fourth-order valence-electron chi connectivity index (χ4n) is 2.42. The van der Waals surface area contributed by atoms with Crippen molar-refractivity contribution in [3.63, 3.8) is 0 Å². The summed E-state index contributed by atoms with van der Waals surface area (Å²) in [7, 11) is -7.16. The Bertz CT molecular complexity index is 707. The van der Waals surface area contributed by atoms with Crippen LogP contribution in [-0.2, 0) is 10.1 Å². The first-order valence-corrected chi connectivity index (χ1v) is 10.4. The maximum absolute atomic E-state index is 12.8. The number of quaternary nitrogens is 1. The van der Waals surface area contributed by atoms with E-state index >= 15 is 0 Å². The van der Waals surface area contributed by atoms with E-state index in [9.17, 15) is 70.0 Å². The first kappa shape index (κ1) is 34.1. The third-order valence-corrected chi connectivity index (χ3v) is 5.92. The average molecular weight is 543 g/mol. The molecule has 202 valence electrons. The van der Waals surface area contributed by atoms with Gasteiger partial charge in [0.1, 0.15) is 10.1 Å². The lowest BCUT2D eigenvalue weighted by atomic mass is 9.95. The van der Waals surface area contributed by atoms with E-state index in [1.54, 1.807) is 0 Å². The quantitative estimate of drug-likeness (QED) is 0.206. The molecule has 0 aliphatic heterocycles. The van der Waals surface area contributed by atoms with E-state index < -0.39 is 51.7 Å². The van der Waals surface area contributed by atoms with Gasteiger partial charge in [-0.3, -0.25) is 0 Å². The number of hydrogen-bond donors (Lipinski definition) is 0. The summed E-state index contributed by atoms with van der Waals surface area (Å²) >= 11 is 0. The summed E-state index contributed by atoms with van der Waals surface area (Å²) in [5.74, 6) is -38.8. The molecule has 4 nitrogen and oxygen atoms in total. The number of rotatable bonds is 11. The van der Waals surface area contributed by atoms with E-state index in [2.05, 4.69) is 27.7 Å². The number of alkyl halides is 13. The molecule has 0 saturated heterocycles. The van der Waals surface area contributed by atoms with Crippen molar-refractivity contribution in [2.45, 2.75) is 69.2 Å². The molecule has 1 unspecified atom stereocenters. The van der Waals surface area contributed by atoms with E-state index in [0.717, 1.165) is 0 Å². The summed E-state index contributed by atoms with van der Waals surface area (Å²) in [6.45, 7) is 14.2. The van der Waals surface area contributed by atoms with E-state index in [1.807, 2.05) is 0 Å². The molecule has 0 aliphatic rings. The molecule has 0 aromatic rings. The zero-order valence-electron chi connectivity index (χ0n) is 17.5. The number of nitrogens with zero attached hydrogens (tertiary/aromatic N) is 1. The molecule has 0 amide bonds. The summed E-state index contributed by atoms with van der Waals surface area (Å²) < 4.78 is 194. The molecule has 0 fully saturated rings. The van der Waals surface area contributed by atoms with Gasteiger partial charge in [-0.15, -0.1) is 0 Å². The molecular formula is C15H22F13NO3S. The SMILES string of the molecule is CC[N+](CC)(CC)CC.O=S(=O)([O-])C(F)C(F)(F)C(F)(F)C(F)(F)C(F)(F)C(F)(F)C(F)F. The maximum atomic E-state index is 12.8. The predicted octanol–water partition coefficient (Wildman–Crippen LogP) is 5.15. The molecule has 0 heterocycles. The van der Waals surface area contributed by atoms with E-state index in [-0.39, 0.29) is 0 Å². The van der Waals surface area contributed by atoms with Crippen LogP contribution in [0.1, 0.15) is 27.7 Å². The minimum absolute atomic E-state index is 1.28. The molecule has 0 bridgehead atoms. The minimum Gasteiger partial charge on any atom is -0.746 e. The first-order valence-electron chi connectivity index (χ1n) is 8.95. The lowest BCUT2D eigenvalue weighted by Crippen LogP contribution is -2.70. The lowest BCUT2D eigenvalue weighted by Gasteiger charge is -2.40. The van der Waals surface area contributed by atoms with Gasteiger partial charge in [-0.1, -0.05) is 0 Å². The summed E-state index contributed by atoms with van der Waals surface area (Å²) in [6, 6.07) is 0. The zero-order chi connectivity index (χ0) is 27.5. The molecule has 0 spiro atoms. The van der Waals surface area contributed by atoms with Crippen molar-refractivity contribution in [2.75, 3.05) is 26.2 Å². The predicted molar refractivity (Wildman–Crippen MR) is 87.8 cm³/mol. The van der Waals surface area contributed by atoms with Crippen LogP contribution in [0.25, 0.3) is 0 Å². The molecule has 33 heavy (non-hydrogen) atoms. The van der Waals surface area contributed by atoms with Crippen LogP contribution in [0.15, 0.2) is 0 Å². The van der Waals surface area contributed by atoms with Gasteiger partial charge in [0.2, 0.25) is 0 Å². The van der Waals surface area contributed by atoms with Crippen molar-refractivity contribution in [3.05, 3.63) is 0 Å².